The Bertz CT molecular complexity index is 2150. The van der Waals surface area contributed by atoms with Gasteiger partial charge in [0.15, 0.2) is 0 Å². The van der Waals surface area contributed by atoms with Gasteiger partial charge in [-0.3, -0.25) is 5.01 Å². The second-order valence-corrected chi connectivity index (χ2v) is 16.8. The summed E-state index contributed by atoms with van der Waals surface area (Å²) in [6.07, 6.45) is 6.54. The Morgan fingerprint density at radius 3 is 2.21 bits per heavy atom. The molecule has 0 spiro atoms. The number of anilines is 2. The molecule has 7 rings (SSSR count). The second-order valence-electron chi connectivity index (χ2n) is 15.4. The van der Waals surface area contributed by atoms with Crippen molar-refractivity contribution >= 4 is 40.7 Å². The molecular formula is C41H49ClN9O6S. The van der Waals surface area contributed by atoms with E-state index in [0.717, 1.165) is 53.7 Å². The molecule has 2 fully saturated rings. The lowest BCUT2D eigenvalue weighted by Gasteiger charge is -2.37. The summed E-state index contributed by atoms with van der Waals surface area (Å²) in [5.74, 6) is -0.674. The molecule has 3 atom stereocenters. The van der Waals surface area contributed by atoms with Gasteiger partial charge in [0.1, 0.15) is 50.0 Å². The van der Waals surface area contributed by atoms with Crippen molar-refractivity contribution in [3.63, 3.8) is 0 Å². The van der Waals surface area contributed by atoms with Crippen molar-refractivity contribution in [2.24, 2.45) is 5.41 Å². The lowest BCUT2D eigenvalue weighted by Crippen LogP contribution is -2.53. The van der Waals surface area contributed by atoms with Crippen LogP contribution in [-0.2, 0) is 26.6 Å². The van der Waals surface area contributed by atoms with Crippen molar-refractivity contribution in [3.8, 4) is 11.4 Å². The van der Waals surface area contributed by atoms with E-state index in [-0.39, 0.29) is 6.10 Å². The molecule has 3 aromatic carbocycles. The number of carbonyl (C=O) groups is 1. The molecule has 2 aliphatic heterocycles. The van der Waals surface area contributed by atoms with E-state index in [0.29, 0.717) is 42.6 Å². The molecule has 15 nitrogen and oxygen atoms in total. The highest BCUT2D eigenvalue weighted by molar-refractivity contribution is 7.98. The third-order valence-corrected chi connectivity index (χ3v) is 10.9. The number of piperazine rings is 1. The number of carboxylic acid groups (broad SMARTS) is 1. The van der Waals surface area contributed by atoms with Gasteiger partial charge in [-0.2, -0.15) is 16.9 Å². The van der Waals surface area contributed by atoms with Gasteiger partial charge in [-0.1, -0.05) is 44.5 Å². The molecule has 307 valence electrons. The largest absolute Gasteiger partial charge is 0.491 e. The van der Waals surface area contributed by atoms with Crippen LogP contribution in [0.15, 0.2) is 96.6 Å². The molecule has 0 bridgehead atoms. The fraction of sp³-hybridized carbons (Fsp3) is 0.415. The van der Waals surface area contributed by atoms with Gasteiger partial charge < -0.3 is 29.1 Å². The quantitative estimate of drug-likeness (QED) is 0.137. The first-order chi connectivity index (χ1) is 27.9. The molecule has 2 saturated heterocycles. The number of thioether (sulfide) groups is 1. The first-order valence-electron chi connectivity index (χ1n) is 19.2. The van der Waals surface area contributed by atoms with Crippen LogP contribution in [0, 0.1) is 12.0 Å². The molecule has 5 aromatic rings. The summed E-state index contributed by atoms with van der Waals surface area (Å²) >= 11 is 7.71. The number of hydrogen-bond donors (Lipinski definition) is 1. The van der Waals surface area contributed by atoms with E-state index in [1.165, 1.54) is 22.2 Å². The molecule has 58 heavy (non-hydrogen) atoms. The molecule has 2 aromatic heterocycles. The summed E-state index contributed by atoms with van der Waals surface area (Å²) in [5, 5.41) is 20.8. The van der Waals surface area contributed by atoms with E-state index in [9.17, 15) is 14.7 Å². The summed E-state index contributed by atoms with van der Waals surface area (Å²) in [7, 11) is 0. The Morgan fingerprint density at radius 2 is 1.62 bits per heavy atom. The molecule has 0 saturated carbocycles. The minimum Gasteiger partial charge on any atom is -0.491 e. The normalized spacial score (nSPS) is 19.0. The minimum absolute atomic E-state index is 0.298. The van der Waals surface area contributed by atoms with Crippen LogP contribution in [0.1, 0.15) is 32.8 Å². The van der Waals surface area contributed by atoms with Gasteiger partial charge >= 0.3 is 11.7 Å². The lowest BCUT2D eigenvalue weighted by molar-refractivity contribution is -0.190. The van der Waals surface area contributed by atoms with Crippen LogP contribution < -0.4 is 25.2 Å². The van der Waals surface area contributed by atoms with Crippen molar-refractivity contribution in [1.29, 1.82) is 0 Å². The topological polar surface area (TPSA) is 145 Å². The predicted octanol–water partition coefficient (Wildman–Crippen LogP) is 5.31. The summed E-state index contributed by atoms with van der Waals surface area (Å²) in [4.78, 5) is 35.9. The van der Waals surface area contributed by atoms with E-state index in [1.54, 1.807) is 29.3 Å². The molecule has 2 aliphatic rings. The third-order valence-electron chi connectivity index (χ3n) is 9.98. The number of carboxylic acids is 1. The van der Waals surface area contributed by atoms with Crippen LogP contribution in [-0.4, -0.2) is 104 Å². The number of rotatable bonds is 16. The first kappa shape index (κ1) is 41.1. The number of ether oxygens (including phenoxy) is 3. The average molecular weight is 831 g/mol. The summed E-state index contributed by atoms with van der Waals surface area (Å²) < 4.78 is 22.1. The molecule has 0 aliphatic carbocycles. The maximum atomic E-state index is 13.7. The SMILES string of the molecule is CSCC[C@@H](C(=O)O)N([CH]C(C)(C)C)n1ncn(-c2ccc(N3CCN(c4ccc(OC[C@@H]5CO[C@@](Cn6cncn6)(c6ccc(Cl)cc6)O5)cc4)CC3)cc2)c1=O. The Labute approximate surface area is 347 Å². The van der Waals surface area contributed by atoms with Crippen LogP contribution in [0.4, 0.5) is 11.4 Å². The fourth-order valence-corrected chi connectivity index (χ4v) is 7.68. The van der Waals surface area contributed by atoms with E-state index >= 15 is 0 Å². The number of nitrogens with zero attached hydrogens (tertiary/aromatic N) is 9. The molecule has 0 amide bonds. The smallest absolute Gasteiger partial charge is 0.370 e. The number of hydrogen-bond acceptors (Lipinski definition) is 12. The van der Waals surface area contributed by atoms with Crippen molar-refractivity contribution in [3.05, 3.63) is 119 Å². The Morgan fingerprint density at radius 1 is 0.983 bits per heavy atom. The Balaban J connectivity index is 0.929. The fourth-order valence-electron chi connectivity index (χ4n) is 7.10. The molecule has 1 N–H and O–H groups in total. The molecule has 4 heterocycles. The van der Waals surface area contributed by atoms with E-state index in [1.807, 2.05) is 87.7 Å². The monoisotopic (exact) mass is 830 g/mol. The number of aromatic nitrogens is 6. The summed E-state index contributed by atoms with van der Waals surface area (Å²) in [6, 6.07) is 22.4. The van der Waals surface area contributed by atoms with E-state index in [4.69, 9.17) is 25.8 Å². The maximum Gasteiger partial charge on any atom is 0.370 e. The maximum absolute atomic E-state index is 13.7. The lowest BCUT2D eigenvalue weighted by atomic mass is 9.96. The highest BCUT2D eigenvalue weighted by Crippen LogP contribution is 2.37. The van der Waals surface area contributed by atoms with Crippen LogP contribution in [0.25, 0.3) is 5.69 Å². The second kappa shape index (κ2) is 17.9. The Kier molecular flexibility index (Phi) is 12.7. The highest BCUT2D eigenvalue weighted by atomic mass is 35.5. The number of halogens is 1. The van der Waals surface area contributed by atoms with Gasteiger partial charge in [-0.25, -0.2) is 23.8 Å². The van der Waals surface area contributed by atoms with Gasteiger partial charge in [0, 0.05) is 48.1 Å². The van der Waals surface area contributed by atoms with Crippen molar-refractivity contribution < 1.29 is 24.1 Å². The Hall–Kier alpha value is -5.03. The minimum atomic E-state index is -1.04. The van der Waals surface area contributed by atoms with E-state index < -0.39 is 28.9 Å². The van der Waals surface area contributed by atoms with Crippen molar-refractivity contribution in [1.82, 2.24) is 29.2 Å². The van der Waals surface area contributed by atoms with Gasteiger partial charge in [0.05, 0.1) is 18.8 Å². The predicted molar refractivity (Wildman–Crippen MR) is 225 cm³/mol. The van der Waals surface area contributed by atoms with Gasteiger partial charge in [0.25, 0.3) is 0 Å². The van der Waals surface area contributed by atoms with E-state index in [2.05, 4.69) is 37.1 Å². The van der Waals surface area contributed by atoms with Crippen molar-refractivity contribution in [2.45, 2.75) is 51.7 Å². The number of aliphatic carboxylic acids is 1. The number of benzene rings is 3. The summed E-state index contributed by atoms with van der Waals surface area (Å²) in [5.41, 5.74) is 2.82. The first-order valence-corrected chi connectivity index (χ1v) is 20.9. The molecular weight excluding hydrogens is 782 g/mol. The molecule has 1 radical (unpaired) electrons. The van der Waals surface area contributed by atoms with Gasteiger partial charge in [-0.15, -0.1) is 9.89 Å². The average Bonchev–Trinajstić information content (AvgIpc) is 3.98. The zero-order chi connectivity index (χ0) is 40.9. The molecule has 0 unspecified atom stereocenters. The molecule has 17 heteroatoms. The van der Waals surface area contributed by atoms with Crippen LogP contribution in [0.5, 0.6) is 5.75 Å². The van der Waals surface area contributed by atoms with Crippen LogP contribution in [0.3, 0.4) is 0 Å². The third kappa shape index (κ3) is 9.63. The standard InChI is InChI=1S/C41H49ClN9O6S/c1-40(2,3)25-50(37(38(52)53)17-22-58-4)51-39(54)49(29-45-51)34-11-9-32(10-12-34)46-18-20-47(21-19-46)33-13-15-35(16-14-33)55-23-36-24-56-41(57-36,26-48-28-43-27-44-48)30-5-7-31(42)8-6-30/h5-16,25,27-29,36-37H,17-24,26H2,1-4H3,(H,52,53)/t36-,37+,41-/m1/s1. The van der Waals surface area contributed by atoms with Gasteiger partial charge in [0.2, 0.25) is 5.79 Å². The van der Waals surface area contributed by atoms with Crippen molar-refractivity contribution in [2.75, 3.05) is 66.2 Å². The summed E-state index contributed by atoms with van der Waals surface area (Å²) in [6.45, 7) is 12.0. The zero-order valence-corrected chi connectivity index (χ0v) is 34.6. The van der Waals surface area contributed by atoms with Gasteiger partial charge in [-0.05, 0) is 84.5 Å². The zero-order valence-electron chi connectivity index (χ0n) is 33.1. The highest BCUT2D eigenvalue weighted by Gasteiger charge is 2.44. The van der Waals surface area contributed by atoms with Crippen LogP contribution in [0.2, 0.25) is 5.02 Å². The van der Waals surface area contributed by atoms with Crippen LogP contribution >= 0.6 is 23.4 Å².